The lowest BCUT2D eigenvalue weighted by molar-refractivity contribution is -0.128. The van der Waals surface area contributed by atoms with Crippen molar-refractivity contribution in [3.8, 4) is 5.75 Å². The molecule has 0 aromatic heterocycles. The number of nitrogens with zero attached hydrogens (tertiary/aromatic N) is 1. The summed E-state index contributed by atoms with van der Waals surface area (Å²) in [5.41, 5.74) is 0.611. The number of piperidine rings is 2. The van der Waals surface area contributed by atoms with Crippen LogP contribution >= 0.6 is 0 Å². The molecule has 2 heterocycles. The Bertz CT molecular complexity index is 663. The van der Waals surface area contributed by atoms with Gasteiger partial charge >= 0.3 is 6.61 Å². The number of amides is 2. The highest BCUT2D eigenvalue weighted by Crippen LogP contribution is 2.25. The average molecular weight is 395 g/mol. The van der Waals surface area contributed by atoms with Gasteiger partial charge in [-0.25, -0.2) is 0 Å². The fourth-order valence-electron chi connectivity index (χ4n) is 3.85. The molecule has 1 atom stereocenters. The molecule has 0 aliphatic carbocycles. The minimum absolute atomic E-state index is 0.0472. The molecule has 2 fully saturated rings. The molecule has 1 aromatic rings. The van der Waals surface area contributed by atoms with E-state index in [2.05, 4.69) is 15.4 Å². The van der Waals surface area contributed by atoms with Crippen molar-refractivity contribution in [2.24, 2.45) is 5.92 Å². The third-order valence-corrected chi connectivity index (χ3v) is 5.39. The first-order valence-electron chi connectivity index (χ1n) is 9.89. The van der Waals surface area contributed by atoms with Crippen molar-refractivity contribution in [2.45, 2.75) is 51.2 Å². The summed E-state index contributed by atoms with van der Waals surface area (Å²) in [4.78, 5) is 26.7. The molecular weight excluding hydrogens is 368 g/mol. The van der Waals surface area contributed by atoms with Crippen LogP contribution in [0.4, 0.5) is 14.5 Å². The van der Waals surface area contributed by atoms with Crippen LogP contribution in [0.2, 0.25) is 0 Å². The zero-order valence-corrected chi connectivity index (χ0v) is 15.8. The van der Waals surface area contributed by atoms with Gasteiger partial charge in [-0.1, -0.05) is 0 Å². The minimum Gasteiger partial charge on any atom is -0.435 e. The van der Waals surface area contributed by atoms with Crippen molar-refractivity contribution >= 4 is 17.5 Å². The Labute approximate surface area is 163 Å². The van der Waals surface area contributed by atoms with Crippen LogP contribution in [0.3, 0.4) is 0 Å². The predicted octanol–water partition coefficient (Wildman–Crippen LogP) is 2.68. The zero-order valence-electron chi connectivity index (χ0n) is 15.8. The Hall–Kier alpha value is -2.22. The van der Waals surface area contributed by atoms with E-state index in [1.807, 2.05) is 0 Å². The van der Waals surface area contributed by atoms with Crippen molar-refractivity contribution in [3.63, 3.8) is 0 Å². The lowest BCUT2D eigenvalue weighted by Crippen LogP contribution is -2.52. The fourth-order valence-corrected chi connectivity index (χ4v) is 3.85. The lowest BCUT2D eigenvalue weighted by atomic mass is 9.93. The van der Waals surface area contributed by atoms with Gasteiger partial charge in [0.1, 0.15) is 11.8 Å². The summed E-state index contributed by atoms with van der Waals surface area (Å²) in [5, 5.41) is 6.19. The minimum atomic E-state index is -2.88. The van der Waals surface area contributed by atoms with Crippen molar-refractivity contribution in [3.05, 3.63) is 24.3 Å². The summed E-state index contributed by atoms with van der Waals surface area (Å²) in [6.45, 7) is -0.338. The smallest absolute Gasteiger partial charge is 0.387 e. The summed E-state index contributed by atoms with van der Waals surface area (Å²) in [7, 11) is 0. The Morgan fingerprint density at radius 1 is 1.21 bits per heavy atom. The Kier molecular flexibility index (Phi) is 7.19. The summed E-state index contributed by atoms with van der Waals surface area (Å²) < 4.78 is 28.9. The maximum absolute atomic E-state index is 12.8. The summed E-state index contributed by atoms with van der Waals surface area (Å²) in [6.07, 6.45) is 4.85. The highest BCUT2D eigenvalue weighted by atomic mass is 19.3. The molecule has 0 bridgehead atoms. The van der Waals surface area contributed by atoms with E-state index in [0.717, 1.165) is 38.8 Å². The van der Waals surface area contributed by atoms with Crippen molar-refractivity contribution in [2.75, 3.05) is 24.5 Å². The average Bonchev–Trinajstić information content (AvgIpc) is 2.69. The molecule has 0 saturated carbocycles. The third kappa shape index (κ3) is 5.64. The number of ether oxygens (including phenoxy) is 1. The Morgan fingerprint density at radius 2 is 1.93 bits per heavy atom. The summed E-state index contributed by atoms with van der Waals surface area (Å²) in [5.74, 6) is 0.369. The summed E-state index contributed by atoms with van der Waals surface area (Å²) in [6, 6.07) is 5.45. The maximum atomic E-state index is 12.8. The number of hydrogen-bond donors (Lipinski definition) is 2. The van der Waals surface area contributed by atoms with Crippen LogP contribution < -0.4 is 20.3 Å². The van der Waals surface area contributed by atoms with Crippen LogP contribution in [-0.4, -0.2) is 44.1 Å². The van der Waals surface area contributed by atoms with Crippen LogP contribution in [0.15, 0.2) is 24.3 Å². The quantitative estimate of drug-likeness (QED) is 0.745. The molecule has 2 aliphatic rings. The highest BCUT2D eigenvalue weighted by Gasteiger charge is 2.31. The van der Waals surface area contributed by atoms with E-state index < -0.39 is 12.7 Å². The van der Waals surface area contributed by atoms with E-state index in [4.69, 9.17) is 0 Å². The fraction of sp³-hybridized carbons (Fsp3) is 0.600. The number of hydrogen-bond acceptors (Lipinski definition) is 4. The second-order valence-corrected chi connectivity index (χ2v) is 7.36. The topological polar surface area (TPSA) is 70.7 Å². The largest absolute Gasteiger partial charge is 0.435 e. The van der Waals surface area contributed by atoms with E-state index in [0.29, 0.717) is 31.0 Å². The molecule has 1 aromatic carbocycles. The van der Waals surface area contributed by atoms with Crippen LogP contribution in [0.25, 0.3) is 0 Å². The number of benzene rings is 1. The van der Waals surface area contributed by atoms with Gasteiger partial charge in [-0.2, -0.15) is 8.78 Å². The Morgan fingerprint density at radius 3 is 2.61 bits per heavy atom. The SMILES string of the molecule is O=C(CCC1CCNCC1)NC1CCCN(c2ccc(OC(F)F)cc2)C1=O. The molecule has 0 radical (unpaired) electrons. The van der Waals surface area contributed by atoms with Gasteiger partial charge in [-0.15, -0.1) is 0 Å². The monoisotopic (exact) mass is 395 g/mol. The number of alkyl halides is 2. The Balaban J connectivity index is 1.52. The second-order valence-electron chi connectivity index (χ2n) is 7.36. The zero-order chi connectivity index (χ0) is 19.9. The molecule has 6 nitrogen and oxygen atoms in total. The van der Waals surface area contributed by atoms with Gasteiger partial charge in [0.05, 0.1) is 0 Å². The molecule has 28 heavy (non-hydrogen) atoms. The van der Waals surface area contributed by atoms with E-state index in [-0.39, 0.29) is 17.6 Å². The third-order valence-electron chi connectivity index (χ3n) is 5.39. The molecule has 1 unspecified atom stereocenters. The van der Waals surface area contributed by atoms with Crippen molar-refractivity contribution < 1.29 is 23.1 Å². The lowest BCUT2D eigenvalue weighted by Gasteiger charge is -2.33. The van der Waals surface area contributed by atoms with Crippen LogP contribution in [0.1, 0.15) is 38.5 Å². The van der Waals surface area contributed by atoms with Crippen LogP contribution in [0, 0.1) is 5.92 Å². The van der Waals surface area contributed by atoms with Gasteiger partial charge in [-0.05, 0) is 75.4 Å². The number of halogens is 2. The molecule has 8 heteroatoms. The van der Waals surface area contributed by atoms with E-state index >= 15 is 0 Å². The molecule has 2 aliphatic heterocycles. The number of carbonyl (C=O) groups is 2. The van der Waals surface area contributed by atoms with E-state index in [1.165, 1.54) is 12.1 Å². The van der Waals surface area contributed by atoms with Gasteiger partial charge in [-0.3, -0.25) is 9.59 Å². The van der Waals surface area contributed by atoms with Crippen LogP contribution in [0.5, 0.6) is 5.75 Å². The van der Waals surface area contributed by atoms with Gasteiger partial charge in [0.15, 0.2) is 0 Å². The number of rotatable bonds is 7. The van der Waals surface area contributed by atoms with Gasteiger partial charge < -0.3 is 20.3 Å². The first kappa shape index (κ1) is 20.5. The molecular formula is C20H27F2N3O3. The number of nitrogens with one attached hydrogen (secondary N) is 2. The molecule has 3 rings (SSSR count). The molecule has 2 N–H and O–H groups in total. The first-order valence-corrected chi connectivity index (χ1v) is 9.89. The standard InChI is InChI=1S/C20H27F2N3O3/c21-20(22)28-16-6-4-15(5-7-16)25-13-1-2-17(19(25)27)24-18(26)8-3-14-9-11-23-12-10-14/h4-7,14,17,20,23H,1-3,8-13H2,(H,24,26). The van der Waals surface area contributed by atoms with Crippen LogP contribution in [-0.2, 0) is 9.59 Å². The van der Waals surface area contributed by atoms with E-state index in [9.17, 15) is 18.4 Å². The second kappa shape index (κ2) is 9.82. The molecule has 0 spiro atoms. The van der Waals surface area contributed by atoms with E-state index in [1.54, 1.807) is 17.0 Å². The van der Waals surface area contributed by atoms with Crippen molar-refractivity contribution in [1.29, 1.82) is 0 Å². The number of carbonyl (C=O) groups excluding carboxylic acids is 2. The van der Waals surface area contributed by atoms with Gasteiger partial charge in [0.2, 0.25) is 11.8 Å². The van der Waals surface area contributed by atoms with Gasteiger partial charge in [0, 0.05) is 18.7 Å². The van der Waals surface area contributed by atoms with Gasteiger partial charge in [0.25, 0.3) is 0 Å². The number of anilines is 1. The molecule has 2 amide bonds. The predicted molar refractivity (Wildman–Crippen MR) is 101 cm³/mol. The summed E-state index contributed by atoms with van der Waals surface area (Å²) >= 11 is 0. The molecule has 154 valence electrons. The normalized spacial score (nSPS) is 21.0. The maximum Gasteiger partial charge on any atom is 0.387 e. The molecule has 2 saturated heterocycles. The first-order chi connectivity index (χ1) is 13.5. The highest BCUT2D eigenvalue weighted by molar-refractivity contribution is 5.99. The van der Waals surface area contributed by atoms with Crippen molar-refractivity contribution in [1.82, 2.24) is 10.6 Å².